The molecule has 1 aliphatic rings. The first kappa shape index (κ1) is 18.5. The maximum Gasteiger partial charge on any atom is 0.328 e. The van der Waals surface area contributed by atoms with E-state index < -0.39 is 6.04 Å². The lowest BCUT2D eigenvalue weighted by molar-refractivity contribution is -0.145. The van der Waals surface area contributed by atoms with Crippen LogP contribution < -0.4 is 5.32 Å². The van der Waals surface area contributed by atoms with Gasteiger partial charge in [-0.1, -0.05) is 38.1 Å². The van der Waals surface area contributed by atoms with Gasteiger partial charge >= 0.3 is 5.97 Å². The Morgan fingerprint density at radius 1 is 1.33 bits per heavy atom. The topological polar surface area (TPSA) is 58.6 Å². The minimum absolute atomic E-state index is 0.141. The number of nitrogens with zero attached hydrogens (tertiary/aromatic N) is 1. The largest absolute Gasteiger partial charge is 0.467 e. The summed E-state index contributed by atoms with van der Waals surface area (Å²) in [6.07, 6.45) is 2.65. The van der Waals surface area contributed by atoms with Crippen molar-refractivity contribution in [2.24, 2.45) is 5.92 Å². The van der Waals surface area contributed by atoms with Crippen molar-refractivity contribution in [2.45, 2.75) is 45.2 Å². The van der Waals surface area contributed by atoms with Crippen LogP contribution in [0.5, 0.6) is 0 Å². The van der Waals surface area contributed by atoms with E-state index in [4.69, 9.17) is 4.74 Å². The van der Waals surface area contributed by atoms with Gasteiger partial charge in [-0.3, -0.25) is 9.69 Å². The van der Waals surface area contributed by atoms with Gasteiger partial charge in [0.15, 0.2) is 0 Å². The number of esters is 1. The van der Waals surface area contributed by atoms with Crippen molar-refractivity contribution in [2.75, 3.05) is 20.7 Å². The van der Waals surface area contributed by atoms with Crippen molar-refractivity contribution in [1.29, 1.82) is 0 Å². The monoisotopic (exact) mass is 332 g/mol. The molecule has 0 unspecified atom stereocenters. The summed E-state index contributed by atoms with van der Waals surface area (Å²) in [5.74, 6) is -0.224. The second-order valence-corrected chi connectivity index (χ2v) is 6.94. The predicted octanol–water partition coefficient (Wildman–Crippen LogP) is 2.31. The van der Waals surface area contributed by atoms with Gasteiger partial charge in [0.2, 0.25) is 5.91 Å². The van der Waals surface area contributed by atoms with Crippen LogP contribution in [-0.4, -0.2) is 43.5 Å². The Morgan fingerprint density at radius 2 is 2.04 bits per heavy atom. The van der Waals surface area contributed by atoms with E-state index >= 15 is 0 Å². The number of likely N-dealkylation sites (N-methyl/N-ethyl adjacent to an activating group) is 1. The number of amides is 1. The molecule has 132 valence electrons. The Hall–Kier alpha value is -1.88. The van der Waals surface area contributed by atoms with Gasteiger partial charge < -0.3 is 10.1 Å². The molecule has 1 amide bonds. The van der Waals surface area contributed by atoms with Crippen molar-refractivity contribution in [1.82, 2.24) is 10.2 Å². The zero-order valence-electron chi connectivity index (χ0n) is 15.0. The molecule has 0 aliphatic heterocycles. The SMILES string of the molecule is COC(=O)[C@@H](CC(C)C)NC(=O)CN(C)[C@H]1CCc2ccccc21. The highest BCUT2D eigenvalue weighted by atomic mass is 16.5. The molecule has 0 saturated carbocycles. The molecule has 0 spiro atoms. The number of methoxy groups -OCH3 is 1. The number of rotatable bonds is 7. The van der Waals surface area contributed by atoms with Gasteiger partial charge in [0.05, 0.1) is 13.7 Å². The Morgan fingerprint density at radius 3 is 2.71 bits per heavy atom. The quantitative estimate of drug-likeness (QED) is 0.779. The summed E-state index contributed by atoms with van der Waals surface area (Å²) in [4.78, 5) is 26.3. The molecule has 0 saturated heterocycles. The molecule has 1 aromatic carbocycles. The van der Waals surface area contributed by atoms with E-state index in [1.807, 2.05) is 27.0 Å². The normalized spacial score (nSPS) is 17.7. The number of nitrogens with one attached hydrogen (secondary N) is 1. The van der Waals surface area contributed by atoms with Crippen molar-refractivity contribution in [3.8, 4) is 0 Å². The first-order chi connectivity index (χ1) is 11.4. The van der Waals surface area contributed by atoms with E-state index in [1.165, 1.54) is 18.2 Å². The summed E-state index contributed by atoms with van der Waals surface area (Å²) in [5, 5.41) is 2.82. The molecule has 0 aromatic heterocycles. The third-order valence-electron chi connectivity index (χ3n) is 4.55. The summed E-state index contributed by atoms with van der Waals surface area (Å²) >= 11 is 0. The Bertz CT molecular complexity index is 586. The Balaban J connectivity index is 1.95. The van der Waals surface area contributed by atoms with E-state index in [0.29, 0.717) is 12.3 Å². The van der Waals surface area contributed by atoms with Gasteiger partial charge in [0.25, 0.3) is 0 Å². The number of fused-ring (bicyclic) bond motifs is 1. The van der Waals surface area contributed by atoms with E-state index in [-0.39, 0.29) is 24.5 Å². The number of aryl methyl sites for hydroxylation is 1. The fraction of sp³-hybridized carbons (Fsp3) is 0.579. The van der Waals surface area contributed by atoms with Gasteiger partial charge in [0, 0.05) is 6.04 Å². The molecule has 1 aliphatic carbocycles. The highest BCUT2D eigenvalue weighted by Gasteiger charge is 2.28. The molecule has 24 heavy (non-hydrogen) atoms. The highest BCUT2D eigenvalue weighted by Crippen LogP contribution is 2.34. The molecule has 0 heterocycles. The fourth-order valence-corrected chi connectivity index (χ4v) is 3.40. The zero-order valence-corrected chi connectivity index (χ0v) is 15.0. The minimum Gasteiger partial charge on any atom is -0.467 e. The maximum absolute atomic E-state index is 12.4. The number of carbonyl (C=O) groups is 2. The third-order valence-corrected chi connectivity index (χ3v) is 4.55. The molecule has 1 N–H and O–H groups in total. The lowest BCUT2D eigenvalue weighted by Gasteiger charge is -2.26. The number of benzene rings is 1. The summed E-state index contributed by atoms with van der Waals surface area (Å²) in [6.45, 7) is 4.30. The van der Waals surface area contributed by atoms with E-state index in [9.17, 15) is 9.59 Å². The first-order valence-corrected chi connectivity index (χ1v) is 8.57. The molecule has 2 rings (SSSR count). The van der Waals surface area contributed by atoms with Crippen LogP contribution in [0.2, 0.25) is 0 Å². The van der Waals surface area contributed by atoms with E-state index in [2.05, 4.69) is 28.4 Å². The van der Waals surface area contributed by atoms with Crippen LogP contribution in [0, 0.1) is 5.92 Å². The zero-order chi connectivity index (χ0) is 17.7. The summed E-state index contributed by atoms with van der Waals surface area (Å²) < 4.78 is 4.80. The van der Waals surface area contributed by atoms with E-state index in [1.54, 1.807) is 0 Å². The summed E-state index contributed by atoms with van der Waals surface area (Å²) in [5.41, 5.74) is 2.67. The third kappa shape index (κ3) is 4.57. The lowest BCUT2D eigenvalue weighted by Crippen LogP contribution is -2.46. The van der Waals surface area contributed by atoms with Crippen LogP contribution in [0.1, 0.15) is 43.9 Å². The average Bonchev–Trinajstić information content (AvgIpc) is 2.97. The number of carbonyl (C=O) groups excluding carboxylic acids is 2. The second-order valence-electron chi connectivity index (χ2n) is 6.94. The predicted molar refractivity (Wildman–Crippen MR) is 93.5 cm³/mol. The molecule has 5 heteroatoms. The fourth-order valence-electron chi connectivity index (χ4n) is 3.40. The summed E-state index contributed by atoms with van der Waals surface area (Å²) in [7, 11) is 3.31. The van der Waals surface area contributed by atoms with E-state index in [0.717, 1.165) is 12.8 Å². The second kappa shape index (κ2) is 8.29. The molecule has 1 aromatic rings. The van der Waals surface area contributed by atoms with Crippen LogP contribution in [0.4, 0.5) is 0 Å². The molecule has 0 bridgehead atoms. The molecule has 5 nitrogen and oxygen atoms in total. The van der Waals surface area contributed by atoms with Crippen molar-refractivity contribution in [3.63, 3.8) is 0 Å². The lowest BCUT2D eigenvalue weighted by atomic mass is 10.0. The van der Waals surface area contributed by atoms with Crippen LogP contribution in [0.15, 0.2) is 24.3 Å². The smallest absolute Gasteiger partial charge is 0.328 e. The summed E-state index contributed by atoms with van der Waals surface area (Å²) in [6, 6.07) is 8.07. The minimum atomic E-state index is -0.577. The van der Waals surface area contributed by atoms with Crippen molar-refractivity contribution in [3.05, 3.63) is 35.4 Å². The van der Waals surface area contributed by atoms with Gasteiger partial charge in [-0.25, -0.2) is 4.79 Å². The van der Waals surface area contributed by atoms with Gasteiger partial charge in [-0.05, 0) is 43.4 Å². The van der Waals surface area contributed by atoms with Crippen molar-refractivity contribution >= 4 is 11.9 Å². The van der Waals surface area contributed by atoms with Crippen LogP contribution in [0.3, 0.4) is 0 Å². The van der Waals surface area contributed by atoms with Crippen LogP contribution in [0.25, 0.3) is 0 Å². The number of ether oxygens (including phenoxy) is 1. The Kier molecular flexibility index (Phi) is 6.37. The number of hydrogen-bond acceptors (Lipinski definition) is 4. The van der Waals surface area contributed by atoms with Crippen LogP contribution >= 0.6 is 0 Å². The maximum atomic E-state index is 12.4. The first-order valence-electron chi connectivity index (χ1n) is 8.57. The Labute approximate surface area is 144 Å². The molecule has 0 radical (unpaired) electrons. The van der Waals surface area contributed by atoms with Gasteiger partial charge in [-0.2, -0.15) is 0 Å². The molecule has 2 atom stereocenters. The van der Waals surface area contributed by atoms with Crippen LogP contribution in [-0.2, 0) is 20.7 Å². The van der Waals surface area contributed by atoms with Gasteiger partial charge in [0.1, 0.15) is 6.04 Å². The highest BCUT2D eigenvalue weighted by molar-refractivity contribution is 5.85. The standard InChI is InChI=1S/C19H28N2O3/c1-13(2)11-16(19(23)24-4)20-18(22)12-21(3)17-10-9-14-7-5-6-8-15(14)17/h5-8,13,16-17H,9-12H2,1-4H3,(H,20,22)/t16-,17+/m1/s1. The average molecular weight is 332 g/mol. The van der Waals surface area contributed by atoms with Crippen molar-refractivity contribution < 1.29 is 14.3 Å². The van der Waals surface area contributed by atoms with Gasteiger partial charge in [-0.15, -0.1) is 0 Å². The molecular weight excluding hydrogens is 304 g/mol. The molecular formula is C19H28N2O3. The molecule has 0 fully saturated rings. The number of hydrogen-bond donors (Lipinski definition) is 1.